The van der Waals surface area contributed by atoms with Crippen LogP contribution in [0, 0.1) is 0 Å². The van der Waals surface area contributed by atoms with E-state index in [1.165, 1.54) is 19.3 Å². The van der Waals surface area contributed by atoms with E-state index in [0.29, 0.717) is 0 Å². The standard InChI is InChI=1S/C9H16/c1-3-5-7-9-8-6-4-2/h3,7,9H,1,4-6,8H2,2H3. The minimum absolute atomic E-state index is 1.02. The van der Waals surface area contributed by atoms with Gasteiger partial charge in [0.2, 0.25) is 0 Å². The van der Waals surface area contributed by atoms with E-state index in [2.05, 4.69) is 25.7 Å². The summed E-state index contributed by atoms with van der Waals surface area (Å²) in [5.74, 6) is 0. The van der Waals surface area contributed by atoms with E-state index in [1.54, 1.807) is 0 Å². The van der Waals surface area contributed by atoms with Gasteiger partial charge in [-0.3, -0.25) is 0 Å². The van der Waals surface area contributed by atoms with Gasteiger partial charge in [0.1, 0.15) is 0 Å². The van der Waals surface area contributed by atoms with Gasteiger partial charge < -0.3 is 0 Å². The summed E-state index contributed by atoms with van der Waals surface area (Å²) in [6.07, 6.45) is 11.2. The van der Waals surface area contributed by atoms with E-state index < -0.39 is 0 Å². The van der Waals surface area contributed by atoms with E-state index >= 15 is 0 Å². The molecule has 0 rings (SSSR count). The average molecular weight is 124 g/mol. The number of hydrogen-bond acceptors (Lipinski definition) is 0. The molecule has 0 radical (unpaired) electrons. The minimum atomic E-state index is 1.02. The number of allylic oxidation sites excluding steroid dienone is 3. The van der Waals surface area contributed by atoms with Gasteiger partial charge in [0.05, 0.1) is 0 Å². The zero-order valence-electron chi connectivity index (χ0n) is 6.27. The molecule has 0 amide bonds. The third-order valence-electron chi connectivity index (χ3n) is 1.19. The number of unbranched alkanes of at least 4 members (excludes halogenated alkanes) is 2. The van der Waals surface area contributed by atoms with Crippen LogP contribution < -0.4 is 0 Å². The first-order valence-corrected chi connectivity index (χ1v) is 3.67. The lowest BCUT2D eigenvalue weighted by Crippen LogP contribution is -1.65. The molecular weight excluding hydrogens is 108 g/mol. The first kappa shape index (κ1) is 8.48. The van der Waals surface area contributed by atoms with Crippen molar-refractivity contribution < 1.29 is 0 Å². The maximum Gasteiger partial charge on any atom is -0.0172 e. The molecule has 0 heteroatoms. The molecule has 0 bridgehead atoms. The third kappa shape index (κ3) is 7.48. The van der Waals surface area contributed by atoms with Crippen molar-refractivity contribution in [3.05, 3.63) is 24.8 Å². The van der Waals surface area contributed by atoms with Crippen molar-refractivity contribution in [2.45, 2.75) is 32.6 Å². The van der Waals surface area contributed by atoms with Gasteiger partial charge in [0.25, 0.3) is 0 Å². The summed E-state index contributed by atoms with van der Waals surface area (Å²) in [6.45, 7) is 5.84. The summed E-state index contributed by atoms with van der Waals surface area (Å²) in [7, 11) is 0. The van der Waals surface area contributed by atoms with Crippen LogP contribution in [0.3, 0.4) is 0 Å². The molecule has 0 saturated carbocycles. The first-order valence-electron chi connectivity index (χ1n) is 3.67. The van der Waals surface area contributed by atoms with Gasteiger partial charge in [-0.1, -0.05) is 38.0 Å². The molecule has 0 nitrogen and oxygen atoms in total. The Labute approximate surface area is 58.3 Å². The van der Waals surface area contributed by atoms with E-state index in [9.17, 15) is 0 Å². The second kappa shape index (κ2) is 7.48. The summed E-state index contributed by atoms with van der Waals surface area (Å²) in [5.41, 5.74) is 0. The second-order valence-electron chi connectivity index (χ2n) is 2.14. The normalized spacial score (nSPS) is 10.3. The zero-order chi connectivity index (χ0) is 6.95. The molecule has 0 spiro atoms. The molecule has 0 atom stereocenters. The largest absolute Gasteiger partial charge is 0.103 e. The van der Waals surface area contributed by atoms with Crippen LogP contribution in [0.15, 0.2) is 24.8 Å². The van der Waals surface area contributed by atoms with Crippen LogP contribution in [0.2, 0.25) is 0 Å². The Hall–Kier alpha value is -0.520. The molecule has 0 aliphatic rings. The van der Waals surface area contributed by atoms with Crippen molar-refractivity contribution >= 4 is 0 Å². The lowest BCUT2D eigenvalue weighted by molar-refractivity contribution is 0.813. The van der Waals surface area contributed by atoms with Gasteiger partial charge in [-0.25, -0.2) is 0 Å². The Bertz CT molecular complexity index is 80.0. The Morgan fingerprint density at radius 1 is 1.33 bits per heavy atom. The predicted molar refractivity (Wildman–Crippen MR) is 43.5 cm³/mol. The van der Waals surface area contributed by atoms with Crippen LogP contribution in [-0.2, 0) is 0 Å². The molecule has 0 aromatic heterocycles. The summed E-state index contributed by atoms with van der Waals surface area (Å²) < 4.78 is 0. The molecule has 0 heterocycles. The van der Waals surface area contributed by atoms with Crippen molar-refractivity contribution in [2.24, 2.45) is 0 Å². The highest BCUT2D eigenvalue weighted by Crippen LogP contribution is 1.95. The van der Waals surface area contributed by atoms with E-state index in [4.69, 9.17) is 0 Å². The topological polar surface area (TPSA) is 0 Å². The van der Waals surface area contributed by atoms with E-state index in [0.717, 1.165) is 6.42 Å². The summed E-state index contributed by atoms with van der Waals surface area (Å²) >= 11 is 0. The van der Waals surface area contributed by atoms with Crippen LogP contribution in [0.25, 0.3) is 0 Å². The van der Waals surface area contributed by atoms with Crippen LogP contribution in [0.1, 0.15) is 32.6 Å². The maximum atomic E-state index is 3.63. The van der Waals surface area contributed by atoms with Crippen molar-refractivity contribution in [1.82, 2.24) is 0 Å². The Balaban J connectivity index is 2.94. The fourth-order valence-corrected chi connectivity index (χ4v) is 0.632. The third-order valence-corrected chi connectivity index (χ3v) is 1.19. The molecular formula is C9H16. The van der Waals surface area contributed by atoms with Gasteiger partial charge in [-0.2, -0.15) is 0 Å². The SMILES string of the molecule is C=CCC=CCCCC. The fraction of sp³-hybridized carbons (Fsp3) is 0.556. The summed E-state index contributed by atoms with van der Waals surface area (Å²) in [6, 6.07) is 0. The second-order valence-corrected chi connectivity index (χ2v) is 2.14. The monoisotopic (exact) mass is 124 g/mol. The van der Waals surface area contributed by atoms with Crippen LogP contribution in [0.5, 0.6) is 0 Å². The zero-order valence-corrected chi connectivity index (χ0v) is 6.27. The van der Waals surface area contributed by atoms with Crippen molar-refractivity contribution in [2.75, 3.05) is 0 Å². The van der Waals surface area contributed by atoms with Gasteiger partial charge in [-0.15, -0.1) is 6.58 Å². The van der Waals surface area contributed by atoms with Gasteiger partial charge >= 0.3 is 0 Å². The van der Waals surface area contributed by atoms with Gasteiger partial charge in [-0.05, 0) is 12.8 Å². The van der Waals surface area contributed by atoms with Crippen LogP contribution >= 0.6 is 0 Å². The predicted octanol–water partition coefficient (Wildman–Crippen LogP) is 3.31. The highest BCUT2D eigenvalue weighted by atomic mass is 13.8. The highest BCUT2D eigenvalue weighted by Gasteiger charge is 1.75. The van der Waals surface area contributed by atoms with Gasteiger partial charge in [0, 0.05) is 0 Å². The van der Waals surface area contributed by atoms with E-state index in [1.807, 2.05) is 6.08 Å². The quantitative estimate of drug-likeness (QED) is 0.389. The molecule has 0 aromatic carbocycles. The lowest BCUT2D eigenvalue weighted by Gasteiger charge is -1.85. The smallest absolute Gasteiger partial charge is 0.0172 e. The molecule has 0 N–H and O–H groups in total. The minimum Gasteiger partial charge on any atom is -0.103 e. The van der Waals surface area contributed by atoms with E-state index in [-0.39, 0.29) is 0 Å². The summed E-state index contributed by atoms with van der Waals surface area (Å²) in [4.78, 5) is 0. The summed E-state index contributed by atoms with van der Waals surface area (Å²) in [5, 5.41) is 0. The number of hydrogen-bond donors (Lipinski definition) is 0. The molecule has 0 fully saturated rings. The Morgan fingerprint density at radius 2 is 2.11 bits per heavy atom. The highest BCUT2D eigenvalue weighted by molar-refractivity contribution is 4.87. The van der Waals surface area contributed by atoms with Crippen LogP contribution in [0.4, 0.5) is 0 Å². The van der Waals surface area contributed by atoms with Crippen molar-refractivity contribution in [3.8, 4) is 0 Å². The molecule has 0 aliphatic carbocycles. The number of rotatable bonds is 5. The maximum absolute atomic E-state index is 3.63. The molecule has 52 valence electrons. The fourth-order valence-electron chi connectivity index (χ4n) is 0.632. The van der Waals surface area contributed by atoms with Gasteiger partial charge in [0.15, 0.2) is 0 Å². The molecule has 0 unspecified atom stereocenters. The van der Waals surface area contributed by atoms with Crippen molar-refractivity contribution in [1.29, 1.82) is 0 Å². The Morgan fingerprint density at radius 3 is 2.67 bits per heavy atom. The Kier molecular flexibility index (Phi) is 7.05. The molecule has 0 aliphatic heterocycles. The average Bonchev–Trinajstić information content (AvgIpc) is 1.89. The molecule has 0 aromatic rings. The molecule has 9 heavy (non-hydrogen) atoms. The van der Waals surface area contributed by atoms with Crippen molar-refractivity contribution in [3.63, 3.8) is 0 Å². The first-order chi connectivity index (χ1) is 4.41. The lowest BCUT2D eigenvalue weighted by atomic mass is 10.2. The van der Waals surface area contributed by atoms with Crippen LogP contribution in [-0.4, -0.2) is 0 Å². The molecule has 0 saturated heterocycles.